The number of fused-ring (bicyclic) bond motifs is 1. The van der Waals surface area contributed by atoms with Crippen LogP contribution in [0.5, 0.6) is 0 Å². The van der Waals surface area contributed by atoms with Crippen molar-refractivity contribution in [2.75, 3.05) is 13.1 Å². The molecule has 0 spiro atoms. The van der Waals surface area contributed by atoms with E-state index in [0.717, 1.165) is 24.2 Å². The van der Waals surface area contributed by atoms with E-state index in [1.54, 1.807) is 11.1 Å². The fourth-order valence-corrected chi connectivity index (χ4v) is 2.86. The predicted octanol–water partition coefficient (Wildman–Crippen LogP) is 3.99. The molecule has 0 saturated heterocycles. The Bertz CT molecular complexity index is 743. The zero-order valence-corrected chi connectivity index (χ0v) is 14.8. The summed E-state index contributed by atoms with van der Waals surface area (Å²) in [5.41, 5.74) is 3.03. The van der Waals surface area contributed by atoms with Gasteiger partial charge in [-0.25, -0.2) is 9.78 Å². The standard InChI is InChI=1S/C19H24N2O3/c1-13-12-20-17(23-13)16-6-5-14-7-9-21(10-8-15(14)11-16)18(22)24-19(2,3)4/h5-6,11-12H,7-10H2,1-4H3. The molecule has 2 heterocycles. The molecule has 0 aliphatic carbocycles. The van der Waals surface area contributed by atoms with Gasteiger partial charge in [-0.05, 0) is 63.8 Å². The van der Waals surface area contributed by atoms with Crippen LogP contribution in [0.2, 0.25) is 0 Å². The molecule has 3 rings (SSSR count). The van der Waals surface area contributed by atoms with Crippen molar-refractivity contribution >= 4 is 6.09 Å². The third kappa shape index (κ3) is 3.78. The summed E-state index contributed by atoms with van der Waals surface area (Å²) >= 11 is 0. The smallest absolute Gasteiger partial charge is 0.410 e. The summed E-state index contributed by atoms with van der Waals surface area (Å²) in [7, 11) is 0. The number of ether oxygens (including phenoxy) is 1. The highest BCUT2D eigenvalue weighted by Gasteiger charge is 2.24. The molecule has 0 saturated carbocycles. The quantitative estimate of drug-likeness (QED) is 0.794. The maximum atomic E-state index is 12.3. The van der Waals surface area contributed by atoms with Gasteiger partial charge in [0.1, 0.15) is 11.4 Å². The van der Waals surface area contributed by atoms with Gasteiger partial charge in [-0.3, -0.25) is 0 Å². The minimum Gasteiger partial charge on any atom is -0.444 e. The van der Waals surface area contributed by atoms with E-state index in [9.17, 15) is 4.79 Å². The van der Waals surface area contributed by atoms with Crippen molar-refractivity contribution in [2.45, 2.75) is 46.1 Å². The summed E-state index contributed by atoms with van der Waals surface area (Å²) < 4.78 is 11.1. The first-order valence-electron chi connectivity index (χ1n) is 8.34. The van der Waals surface area contributed by atoms with Crippen molar-refractivity contribution in [2.24, 2.45) is 0 Å². The van der Waals surface area contributed by atoms with E-state index in [4.69, 9.17) is 9.15 Å². The normalized spacial score (nSPS) is 14.9. The molecular formula is C19H24N2O3. The second-order valence-corrected chi connectivity index (χ2v) is 7.23. The van der Waals surface area contributed by atoms with Crippen LogP contribution in [0, 0.1) is 6.92 Å². The maximum Gasteiger partial charge on any atom is 0.410 e. The number of carbonyl (C=O) groups excluding carboxylic acids is 1. The van der Waals surface area contributed by atoms with Crippen LogP contribution in [0.25, 0.3) is 11.5 Å². The molecule has 0 radical (unpaired) electrons. The lowest BCUT2D eigenvalue weighted by Gasteiger charge is -2.26. The van der Waals surface area contributed by atoms with Crippen LogP contribution >= 0.6 is 0 Å². The molecule has 5 nitrogen and oxygen atoms in total. The van der Waals surface area contributed by atoms with Gasteiger partial charge in [-0.1, -0.05) is 6.07 Å². The molecule has 1 amide bonds. The third-order valence-electron chi connectivity index (χ3n) is 4.03. The van der Waals surface area contributed by atoms with Gasteiger partial charge in [0, 0.05) is 18.7 Å². The molecule has 0 atom stereocenters. The van der Waals surface area contributed by atoms with E-state index >= 15 is 0 Å². The number of aryl methyl sites for hydroxylation is 1. The van der Waals surface area contributed by atoms with E-state index in [0.29, 0.717) is 19.0 Å². The van der Waals surface area contributed by atoms with Crippen molar-refractivity contribution in [3.8, 4) is 11.5 Å². The number of carbonyl (C=O) groups is 1. The lowest BCUT2D eigenvalue weighted by atomic mass is 10.00. The van der Waals surface area contributed by atoms with Crippen LogP contribution in [0.1, 0.15) is 37.7 Å². The number of benzene rings is 1. The molecule has 0 bridgehead atoms. The van der Waals surface area contributed by atoms with Gasteiger partial charge in [0.2, 0.25) is 5.89 Å². The molecule has 2 aromatic rings. The minimum absolute atomic E-state index is 0.237. The zero-order chi connectivity index (χ0) is 17.3. The van der Waals surface area contributed by atoms with Crippen LogP contribution in [0.4, 0.5) is 4.79 Å². The Morgan fingerprint density at radius 1 is 1.21 bits per heavy atom. The van der Waals surface area contributed by atoms with Gasteiger partial charge in [0.25, 0.3) is 0 Å². The number of rotatable bonds is 1. The minimum atomic E-state index is -0.466. The fourth-order valence-electron chi connectivity index (χ4n) is 2.86. The number of amides is 1. The molecule has 0 N–H and O–H groups in total. The van der Waals surface area contributed by atoms with Crippen molar-refractivity contribution in [1.29, 1.82) is 0 Å². The Hall–Kier alpha value is -2.30. The molecule has 1 aromatic heterocycles. The Kier molecular flexibility index (Phi) is 4.35. The highest BCUT2D eigenvalue weighted by Crippen LogP contribution is 2.25. The largest absolute Gasteiger partial charge is 0.444 e. The Balaban J connectivity index is 1.75. The van der Waals surface area contributed by atoms with E-state index in [1.807, 2.05) is 33.8 Å². The lowest BCUT2D eigenvalue weighted by molar-refractivity contribution is 0.0258. The van der Waals surface area contributed by atoms with Gasteiger partial charge in [0.05, 0.1) is 6.20 Å². The van der Waals surface area contributed by atoms with Gasteiger partial charge < -0.3 is 14.1 Å². The number of nitrogens with zero attached hydrogens (tertiary/aromatic N) is 2. The summed E-state index contributed by atoms with van der Waals surface area (Å²) in [5, 5.41) is 0. The number of aromatic nitrogens is 1. The van der Waals surface area contributed by atoms with E-state index in [2.05, 4.69) is 17.1 Å². The fraction of sp³-hybridized carbons (Fsp3) is 0.474. The molecular weight excluding hydrogens is 304 g/mol. The molecule has 1 aliphatic rings. The maximum absolute atomic E-state index is 12.3. The van der Waals surface area contributed by atoms with Crippen molar-refractivity contribution in [3.05, 3.63) is 41.3 Å². The molecule has 5 heteroatoms. The van der Waals surface area contributed by atoms with Crippen molar-refractivity contribution < 1.29 is 13.9 Å². The SMILES string of the molecule is Cc1cnc(-c2ccc3c(c2)CCN(C(=O)OC(C)(C)C)CC3)o1. The predicted molar refractivity (Wildman–Crippen MR) is 91.9 cm³/mol. The molecule has 0 unspecified atom stereocenters. The summed E-state index contributed by atoms with van der Waals surface area (Å²) in [4.78, 5) is 18.4. The summed E-state index contributed by atoms with van der Waals surface area (Å²) in [5.74, 6) is 1.44. The van der Waals surface area contributed by atoms with Gasteiger partial charge >= 0.3 is 6.09 Å². The van der Waals surface area contributed by atoms with E-state index < -0.39 is 5.60 Å². The first-order valence-corrected chi connectivity index (χ1v) is 8.34. The van der Waals surface area contributed by atoms with Crippen LogP contribution in [-0.4, -0.2) is 34.7 Å². The zero-order valence-electron chi connectivity index (χ0n) is 14.8. The number of hydrogen-bond acceptors (Lipinski definition) is 4. The van der Waals surface area contributed by atoms with Crippen LogP contribution in [-0.2, 0) is 17.6 Å². The van der Waals surface area contributed by atoms with Crippen LogP contribution in [0.15, 0.2) is 28.8 Å². The first kappa shape index (κ1) is 16.6. The average molecular weight is 328 g/mol. The second kappa shape index (κ2) is 6.30. The van der Waals surface area contributed by atoms with Gasteiger partial charge in [-0.15, -0.1) is 0 Å². The number of hydrogen-bond donors (Lipinski definition) is 0. The highest BCUT2D eigenvalue weighted by atomic mass is 16.6. The summed E-state index contributed by atoms with van der Waals surface area (Å²) in [6, 6.07) is 6.27. The highest BCUT2D eigenvalue weighted by molar-refractivity contribution is 5.68. The Morgan fingerprint density at radius 3 is 2.54 bits per heavy atom. The molecule has 1 aliphatic heterocycles. The molecule has 0 fully saturated rings. The van der Waals surface area contributed by atoms with Crippen LogP contribution in [0.3, 0.4) is 0 Å². The molecule has 24 heavy (non-hydrogen) atoms. The lowest BCUT2D eigenvalue weighted by Crippen LogP contribution is -2.38. The first-order chi connectivity index (χ1) is 11.3. The van der Waals surface area contributed by atoms with Crippen molar-refractivity contribution in [3.63, 3.8) is 0 Å². The average Bonchev–Trinajstić information content (AvgIpc) is 2.81. The van der Waals surface area contributed by atoms with E-state index in [-0.39, 0.29) is 6.09 Å². The van der Waals surface area contributed by atoms with Crippen molar-refractivity contribution in [1.82, 2.24) is 9.88 Å². The van der Waals surface area contributed by atoms with Crippen LogP contribution < -0.4 is 0 Å². The molecule has 128 valence electrons. The molecule has 1 aromatic carbocycles. The monoisotopic (exact) mass is 328 g/mol. The van der Waals surface area contributed by atoms with E-state index in [1.165, 1.54) is 11.1 Å². The topological polar surface area (TPSA) is 55.6 Å². The summed E-state index contributed by atoms with van der Waals surface area (Å²) in [6.07, 6.45) is 3.13. The second-order valence-electron chi connectivity index (χ2n) is 7.23. The Morgan fingerprint density at radius 2 is 1.92 bits per heavy atom. The third-order valence-corrected chi connectivity index (χ3v) is 4.03. The number of oxazole rings is 1. The summed E-state index contributed by atoms with van der Waals surface area (Å²) in [6.45, 7) is 8.90. The van der Waals surface area contributed by atoms with Gasteiger partial charge in [-0.2, -0.15) is 0 Å². The van der Waals surface area contributed by atoms with Gasteiger partial charge in [0.15, 0.2) is 0 Å². The Labute approximate surface area is 142 Å².